The van der Waals surface area contributed by atoms with Gasteiger partial charge in [-0.3, -0.25) is 4.79 Å². The van der Waals surface area contributed by atoms with Crippen molar-refractivity contribution in [1.29, 1.82) is 0 Å². The van der Waals surface area contributed by atoms with E-state index in [1.165, 1.54) is 5.56 Å². The Morgan fingerprint density at radius 3 is 2.42 bits per heavy atom. The van der Waals surface area contributed by atoms with Gasteiger partial charge < -0.3 is 20.7 Å². The lowest BCUT2D eigenvalue weighted by Crippen LogP contribution is -2.54. The van der Waals surface area contributed by atoms with Crippen molar-refractivity contribution >= 4 is 17.4 Å². The first kappa shape index (κ1) is 23.0. The Kier molecular flexibility index (Phi) is 7.37. The van der Waals surface area contributed by atoms with Crippen LogP contribution in [0.3, 0.4) is 0 Å². The highest BCUT2D eigenvalue weighted by Crippen LogP contribution is 2.26. The maximum atomic E-state index is 12.5. The normalized spacial score (nSPS) is 16.1. The van der Waals surface area contributed by atoms with E-state index in [1.807, 2.05) is 43.3 Å². The number of benzene rings is 2. The summed E-state index contributed by atoms with van der Waals surface area (Å²) < 4.78 is 5.63. The molecule has 1 unspecified atom stereocenters. The third-order valence-corrected chi connectivity index (χ3v) is 6.22. The van der Waals surface area contributed by atoms with Crippen molar-refractivity contribution in [1.82, 2.24) is 10.3 Å². The average molecular weight is 445 g/mol. The van der Waals surface area contributed by atoms with Gasteiger partial charge in [0.05, 0.1) is 5.56 Å². The fourth-order valence-corrected chi connectivity index (χ4v) is 4.15. The van der Waals surface area contributed by atoms with Gasteiger partial charge in [0.25, 0.3) is 5.91 Å². The molecule has 1 aliphatic heterocycles. The van der Waals surface area contributed by atoms with Crippen LogP contribution in [0.15, 0.2) is 72.9 Å². The lowest BCUT2D eigenvalue weighted by molar-refractivity contribution is 0.0389. The zero-order valence-corrected chi connectivity index (χ0v) is 19.3. The Hall–Kier alpha value is -3.22. The van der Waals surface area contributed by atoms with Crippen LogP contribution in [0.4, 0.5) is 11.5 Å². The van der Waals surface area contributed by atoms with E-state index in [2.05, 4.69) is 52.1 Å². The fraction of sp³-hybridized carbons (Fsp3) is 0.333. The van der Waals surface area contributed by atoms with E-state index in [9.17, 15) is 4.79 Å². The Balaban J connectivity index is 1.37. The number of carbonyl (C=O) groups excluding carboxylic acids is 1. The predicted octanol–water partition coefficient (Wildman–Crippen LogP) is 4.95. The van der Waals surface area contributed by atoms with Crippen molar-refractivity contribution in [2.24, 2.45) is 0 Å². The number of ether oxygens (including phenoxy) is 1. The first-order chi connectivity index (χ1) is 16.0. The molecule has 2 aromatic carbocycles. The van der Waals surface area contributed by atoms with Crippen LogP contribution in [-0.2, 0) is 4.74 Å². The Labute approximate surface area is 195 Å². The molecule has 0 spiro atoms. The highest BCUT2D eigenvalue weighted by atomic mass is 16.5. The van der Waals surface area contributed by atoms with Gasteiger partial charge in [0, 0.05) is 43.2 Å². The first-order valence-electron chi connectivity index (χ1n) is 11.5. The van der Waals surface area contributed by atoms with E-state index < -0.39 is 0 Å². The summed E-state index contributed by atoms with van der Waals surface area (Å²) in [6.45, 7) is 6.43. The van der Waals surface area contributed by atoms with E-state index >= 15 is 0 Å². The molecule has 1 amide bonds. The van der Waals surface area contributed by atoms with Crippen LogP contribution in [0.1, 0.15) is 47.3 Å². The minimum atomic E-state index is -0.169. The first-order valence-corrected chi connectivity index (χ1v) is 11.5. The number of nitrogens with one attached hydrogen (secondary N) is 3. The number of aryl methyl sites for hydroxylation is 1. The van der Waals surface area contributed by atoms with Crippen molar-refractivity contribution in [2.45, 2.75) is 38.3 Å². The second-order valence-corrected chi connectivity index (χ2v) is 8.78. The number of carbonyl (C=O) groups is 1. The molecule has 1 fully saturated rings. The van der Waals surface area contributed by atoms with E-state index in [0.717, 1.165) is 49.7 Å². The van der Waals surface area contributed by atoms with Crippen LogP contribution in [0.25, 0.3) is 0 Å². The Bertz CT molecular complexity index is 1030. The largest absolute Gasteiger partial charge is 0.381 e. The summed E-state index contributed by atoms with van der Waals surface area (Å²) in [5.41, 5.74) is 3.63. The number of amides is 1. The molecule has 4 rings (SSSR count). The van der Waals surface area contributed by atoms with Crippen LogP contribution in [-0.4, -0.2) is 36.2 Å². The minimum absolute atomic E-state index is 0.0866. The zero-order chi connectivity index (χ0) is 23.1. The zero-order valence-electron chi connectivity index (χ0n) is 19.3. The lowest BCUT2D eigenvalue weighted by atomic mass is 9.88. The number of hydrogen-bond donors (Lipinski definition) is 3. The summed E-state index contributed by atoms with van der Waals surface area (Å²) in [6, 6.07) is 22.1. The molecule has 1 aliphatic rings. The molecule has 1 saturated heterocycles. The maximum absolute atomic E-state index is 12.5. The summed E-state index contributed by atoms with van der Waals surface area (Å²) >= 11 is 0. The lowest BCUT2D eigenvalue weighted by Gasteiger charge is -2.40. The Morgan fingerprint density at radius 1 is 1.03 bits per heavy atom. The number of rotatable bonds is 8. The van der Waals surface area contributed by atoms with Crippen LogP contribution in [0, 0.1) is 6.92 Å². The molecular formula is C27H32N4O2. The van der Waals surface area contributed by atoms with Crippen LogP contribution < -0.4 is 16.0 Å². The monoisotopic (exact) mass is 444 g/mol. The van der Waals surface area contributed by atoms with Crippen molar-refractivity contribution < 1.29 is 9.53 Å². The third kappa shape index (κ3) is 6.18. The number of anilines is 2. The van der Waals surface area contributed by atoms with Crippen molar-refractivity contribution in [3.05, 3.63) is 89.6 Å². The van der Waals surface area contributed by atoms with Gasteiger partial charge in [-0.25, -0.2) is 4.98 Å². The van der Waals surface area contributed by atoms with E-state index in [-0.39, 0.29) is 17.5 Å². The SMILES string of the molecule is Cc1ccc(NC(=O)c2ccc(NCC3(NC(C)c4ccccc4)CCOCC3)nc2)cc1. The second-order valence-electron chi connectivity index (χ2n) is 8.78. The van der Waals surface area contributed by atoms with E-state index in [1.54, 1.807) is 12.3 Å². The van der Waals surface area contributed by atoms with E-state index in [0.29, 0.717) is 5.56 Å². The predicted molar refractivity (Wildman–Crippen MR) is 133 cm³/mol. The molecule has 6 nitrogen and oxygen atoms in total. The molecule has 2 heterocycles. The molecule has 0 aliphatic carbocycles. The highest BCUT2D eigenvalue weighted by Gasteiger charge is 2.33. The van der Waals surface area contributed by atoms with Gasteiger partial charge >= 0.3 is 0 Å². The molecule has 1 aromatic heterocycles. The summed E-state index contributed by atoms with van der Waals surface area (Å²) in [5, 5.41) is 10.2. The molecule has 0 radical (unpaired) electrons. The molecule has 3 aromatic rings. The van der Waals surface area contributed by atoms with Gasteiger partial charge in [0.1, 0.15) is 5.82 Å². The average Bonchev–Trinajstić information content (AvgIpc) is 2.85. The number of aromatic nitrogens is 1. The fourth-order valence-electron chi connectivity index (χ4n) is 4.15. The molecule has 3 N–H and O–H groups in total. The molecule has 0 bridgehead atoms. The summed E-state index contributed by atoms with van der Waals surface area (Å²) in [5.74, 6) is 0.582. The van der Waals surface area contributed by atoms with Crippen LogP contribution in [0.2, 0.25) is 0 Å². The number of hydrogen-bond acceptors (Lipinski definition) is 5. The molecule has 172 valence electrons. The third-order valence-electron chi connectivity index (χ3n) is 6.22. The standard InChI is InChI=1S/C27H32N4O2/c1-20-8-11-24(12-9-20)30-26(32)23-10-13-25(28-18-23)29-19-27(14-16-33-17-15-27)31-21(2)22-6-4-3-5-7-22/h3-13,18,21,31H,14-17,19H2,1-2H3,(H,28,29)(H,30,32). The van der Waals surface area contributed by atoms with Crippen molar-refractivity contribution in [3.63, 3.8) is 0 Å². The van der Waals surface area contributed by atoms with Crippen molar-refractivity contribution in [3.8, 4) is 0 Å². The highest BCUT2D eigenvalue weighted by molar-refractivity contribution is 6.04. The van der Waals surface area contributed by atoms with Gasteiger partial charge in [-0.15, -0.1) is 0 Å². The topological polar surface area (TPSA) is 75.3 Å². The Morgan fingerprint density at radius 2 is 1.76 bits per heavy atom. The van der Waals surface area contributed by atoms with E-state index in [4.69, 9.17) is 4.74 Å². The van der Waals surface area contributed by atoms with Gasteiger partial charge in [0.15, 0.2) is 0 Å². The summed E-state index contributed by atoms with van der Waals surface area (Å²) in [7, 11) is 0. The van der Waals surface area contributed by atoms with Gasteiger partial charge in [0.2, 0.25) is 0 Å². The summed E-state index contributed by atoms with van der Waals surface area (Å²) in [6.07, 6.45) is 3.46. The van der Waals surface area contributed by atoms with Gasteiger partial charge in [-0.1, -0.05) is 48.0 Å². The molecule has 6 heteroatoms. The molecule has 1 atom stereocenters. The van der Waals surface area contributed by atoms with Crippen LogP contribution >= 0.6 is 0 Å². The number of nitrogens with zero attached hydrogens (tertiary/aromatic N) is 1. The molecule has 33 heavy (non-hydrogen) atoms. The van der Waals surface area contributed by atoms with Crippen LogP contribution in [0.5, 0.6) is 0 Å². The van der Waals surface area contributed by atoms with Gasteiger partial charge in [-0.05, 0) is 56.5 Å². The molecule has 0 saturated carbocycles. The maximum Gasteiger partial charge on any atom is 0.257 e. The quantitative estimate of drug-likeness (QED) is 0.458. The molecular weight excluding hydrogens is 412 g/mol. The second kappa shape index (κ2) is 10.6. The smallest absolute Gasteiger partial charge is 0.257 e. The minimum Gasteiger partial charge on any atom is -0.381 e. The van der Waals surface area contributed by atoms with Gasteiger partial charge in [-0.2, -0.15) is 0 Å². The summed E-state index contributed by atoms with van der Waals surface area (Å²) in [4.78, 5) is 17.0. The number of pyridine rings is 1. The van der Waals surface area contributed by atoms with Crippen molar-refractivity contribution in [2.75, 3.05) is 30.4 Å².